The zero-order valence-corrected chi connectivity index (χ0v) is 13.1. The number of benzene rings is 2. The van der Waals surface area contributed by atoms with Gasteiger partial charge in [0.2, 0.25) is 0 Å². The molecule has 2 aromatic carbocycles. The molecule has 1 aliphatic rings. The minimum Gasteiger partial charge on any atom is -0.478 e. The average molecular weight is 309 g/mol. The molecule has 2 aromatic rings. The van der Waals surface area contributed by atoms with Crippen molar-refractivity contribution in [1.29, 1.82) is 0 Å². The molecule has 23 heavy (non-hydrogen) atoms. The number of nitrogens with zero attached hydrogens (tertiary/aromatic N) is 1. The van der Waals surface area contributed by atoms with E-state index < -0.39 is 5.97 Å². The van der Waals surface area contributed by atoms with Crippen molar-refractivity contribution in [3.63, 3.8) is 0 Å². The van der Waals surface area contributed by atoms with E-state index in [9.17, 15) is 9.59 Å². The van der Waals surface area contributed by atoms with Crippen LogP contribution < -0.4 is 0 Å². The van der Waals surface area contributed by atoms with Crippen molar-refractivity contribution in [2.45, 2.75) is 26.3 Å². The summed E-state index contributed by atoms with van der Waals surface area (Å²) in [6, 6.07) is 12.8. The highest BCUT2D eigenvalue weighted by molar-refractivity contribution is 5.96. The number of aromatic carboxylic acids is 1. The summed E-state index contributed by atoms with van der Waals surface area (Å²) in [6.45, 7) is 3.17. The van der Waals surface area contributed by atoms with E-state index >= 15 is 0 Å². The SMILES string of the molecule is CCc1ccccc1C(=O)N1CCc2ccc(C(=O)O)cc2C1. The summed E-state index contributed by atoms with van der Waals surface area (Å²) in [5.74, 6) is -0.915. The second-order valence-electron chi connectivity index (χ2n) is 5.78. The van der Waals surface area contributed by atoms with Gasteiger partial charge < -0.3 is 10.0 Å². The molecule has 1 aliphatic heterocycles. The first-order valence-electron chi connectivity index (χ1n) is 7.82. The van der Waals surface area contributed by atoms with Gasteiger partial charge in [-0.1, -0.05) is 31.2 Å². The van der Waals surface area contributed by atoms with Crippen molar-refractivity contribution in [2.24, 2.45) is 0 Å². The van der Waals surface area contributed by atoms with Gasteiger partial charge in [0.25, 0.3) is 5.91 Å². The Morgan fingerprint density at radius 3 is 2.65 bits per heavy atom. The molecule has 1 amide bonds. The van der Waals surface area contributed by atoms with Crippen LogP contribution in [0.25, 0.3) is 0 Å². The van der Waals surface area contributed by atoms with Crippen LogP contribution in [0.5, 0.6) is 0 Å². The van der Waals surface area contributed by atoms with Crippen molar-refractivity contribution in [3.05, 3.63) is 70.3 Å². The molecule has 4 nitrogen and oxygen atoms in total. The molecule has 0 radical (unpaired) electrons. The minimum absolute atomic E-state index is 0.0221. The lowest BCUT2D eigenvalue weighted by Crippen LogP contribution is -2.36. The highest BCUT2D eigenvalue weighted by Gasteiger charge is 2.23. The van der Waals surface area contributed by atoms with E-state index in [1.165, 1.54) is 0 Å². The van der Waals surface area contributed by atoms with Gasteiger partial charge in [0.1, 0.15) is 0 Å². The maximum atomic E-state index is 12.8. The Kier molecular flexibility index (Phi) is 4.15. The van der Waals surface area contributed by atoms with E-state index in [0.717, 1.165) is 35.1 Å². The second-order valence-corrected chi connectivity index (χ2v) is 5.78. The number of rotatable bonds is 3. The van der Waals surface area contributed by atoms with Crippen LogP contribution >= 0.6 is 0 Å². The number of hydrogen-bond donors (Lipinski definition) is 1. The fourth-order valence-electron chi connectivity index (χ4n) is 3.07. The van der Waals surface area contributed by atoms with Gasteiger partial charge in [-0.2, -0.15) is 0 Å². The molecular formula is C19H19NO3. The van der Waals surface area contributed by atoms with Crippen molar-refractivity contribution < 1.29 is 14.7 Å². The monoisotopic (exact) mass is 309 g/mol. The van der Waals surface area contributed by atoms with Crippen molar-refractivity contribution in [3.8, 4) is 0 Å². The molecule has 0 unspecified atom stereocenters. The Labute approximate surface area is 135 Å². The first kappa shape index (κ1) is 15.3. The van der Waals surface area contributed by atoms with Crippen LogP contribution in [-0.4, -0.2) is 28.4 Å². The molecule has 1 N–H and O–H groups in total. The Balaban J connectivity index is 1.87. The van der Waals surface area contributed by atoms with E-state index in [-0.39, 0.29) is 11.5 Å². The maximum Gasteiger partial charge on any atom is 0.335 e. The summed E-state index contributed by atoms with van der Waals surface area (Å²) in [5, 5.41) is 9.13. The van der Waals surface area contributed by atoms with Crippen LogP contribution in [0.2, 0.25) is 0 Å². The number of amides is 1. The van der Waals surface area contributed by atoms with Gasteiger partial charge in [0.15, 0.2) is 0 Å². The molecule has 118 valence electrons. The third-order valence-corrected chi connectivity index (χ3v) is 4.38. The van der Waals surface area contributed by atoms with E-state index in [1.54, 1.807) is 12.1 Å². The lowest BCUT2D eigenvalue weighted by molar-refractivity contribution is 0.0696. The Hall–Kier alpha value is -2.62. The summed E-state index contributed by atoms with van der Waals surface area (Å²) in [4.78, 5) is 25.8. The predicted octanol–water partition coefficient (Wildman–Crippen LogP) is 3.15. The highest BCUT2D eigenvalue weighted by atomic mass is 16.4. The molecule has 0 saturated carbocycles. The Bertz CT molecular complexity index is 767. The number of carbonyl (C=O) groups is 2. The fraction of sp³-hybridized carbons (Fsp3) is 0.263. The maximum absolute atomic E-state index is 12.8. The molecule has 4 heteroatoms. The van der Waals surface area contributed by atoms with Crippen LogP contribution in [0.4, 0.5) is 0 Å². The number of fused-ring (bicyclic) bond motifs is 1. The third kappa shape index (κ3) is 2.97. The quantitative estimate of drug-likeness (QED) is 0.947. The standard InChI is InChI=1S/C19H19NO3/c1-2-13-5-3-4-6-17(13)18(21)20-10-9-14-7-8-15(19(22)23)11-16(14)12-20/h3-8,11H,2,9-10,12H2,1H3,(H,22,23). The summed E-state index contributed by atoms with van der Waals surface area (Å²) >= 11 is 0. The predicted molar refractivity (Wildman–Crippen MR) is 87.7 cm³/mol. The lowest BCUT2D eigenvalue weighted by atomic mass is 9.96. The van der Waals surface area contributed by atoms with Crippen LogP contribution in [0.15, 0.2) is 42.5 Å². The number of hydrogen-bond acceptors (Lipinski definition) is 2. The van der Waals surface area contributed by atoms with Crippen LogP contribution in [0.1, 0.15) is 44.3 Å². The molecular weight excluding hydrogens is 290 g/mol. The van der Waals surface area contributed by atoms with Gasteiger partial charge in [0.05, 0.1) is 5.56 Å². The molecule has 0 bridgehead atoms. The summed E-state index contributed by atoms with van der Waals surface area (Å²) in [5.41, 5.74) is 4.11. The summed E-state index contributed by atoms with van der Waals surface area (Å²) < 4.78 is 0. The molecule has 0 atom stereocenters. The van der Waals surface area contributed by atoms with E-state index in [1.807, 2.05) is 42.2 Å². The first-order valence-corrected chi connectivity index (χ1v) is 7.82. The average Bonchev–Trinajstić information content (AvgIpc) is 2.60. The fourth-order valence-corrected chi connectivity index (χ4v) is 3.07. The normalized spacial score (nSPS) is 13.5. The van der Waals surface area contributed by atoms with Crippen LogP contribution in [0, 0.1) is 0 Å². The number of carboxylic acids is 1. The molecule has 3 rings (SSSR count). The van der Waals surface area contributed by atoms with E-state index in [0.29, 0.717) is 13.1 Å². The van der Waals surface area contributed by atoms with Gasteiger partial charge in [-0.05, 0) is 47.7 Å². The molecule has 0 aromatic heterocycles. The van der Waals surface area contributed by atoms with Gasteiger partial charge in [0, 0.05) is 18.7 Å². The molecule has 0 spiro atoms. The van der Waals surface area contributed by atoms with Crippen LogP contribution in [-0.2, 0) is 19.4 Å². The Morgan fingerprint density at radius 1 is 1.13 bits per heavy atom. The van der Waals surface area contributed by atoms with Crippen LogP contribution in [0.3, 0.4) is 0 Å². The van der Waals surface area contributed by atoms with Crippen molar-refractivity contribution in [1.82, 2.24) is 4.90 Å². The number of carboxylic acid groups (broad SMARTS) is 1. The van der Waals surface area contributed by atoms with Crippen molar-refractivity contribution in [2.75, 3.05) is 6.54 Å². The lowest BCUT2D eigenvalue weighted by Gasteiger charge is -2.29. The zero-order valence-electron chi connectivity index (χ0n) is 13.1. The highest BCUT2D eigenvalue weighted by Crippen LogP contribution is 2.23. The van der Waals surface area contributed by atoms with Gasteiger partial charge in [-0.3, -0.25) is 4.79 Å². The molecule has 0 aliphatic carbocycles. The molecule has 0 fully saturated rings. The molecule has 0 saturated heterocycles. The van der Waals surface area contributed by atoms with Gasteiger partial charge in [-0.15, -0.1) is 0 Å². The Morgan fingerprint density at radius 2 is 1.91 bits per heavy atom. The van der Waals surface area contributed by atoms with Gasteiger partial charge >= 0.3 is 5.97 Å². The zero-order chi connectivity index (χ0) is 16.4. The minimum atomic E-state index is -0.937. The summed E-state index contributed by atoms with van der Waals surface area (Å²) in [6.07, 6.45) is 1.57. The van der Waals surface area contributed by atoms with E-state index in [2.05, 4.69) is 0 Å². The second kappa shape index (κ2) is 6.24. The van der Waals surface area contributed by atoms with Crippen molar-refractivity contribution >= 4 is 11.9 Å². The topological polar surface area (TPSA) is 57.6 Å². The third-order valence-electron chi connectivity index (χ3n) is 4.38. The first-order chi connectivity index (χ1) is 11.1. The number of carbonyl (C=O) groups excluding carboxylic acids is 1. The van der Waals surface area contributed by atoms with Gasteiger partial charge in [-0.25, -0.2) is 4.79 Å². The van der Waals surface area contributed by atoms with E-state index in [4.69, 9.17) is 5.11 Å². The smallest absolute Gasteiger partial charge is 0.335 e. The largest absolute Gasteiger partial charge is 0.478 e. The molecule has 1 heterocycles. The number of aryl methyl sites for hydroxylation is 1. The summed E-state index contributed by atoms with van der Waals surface area (Å²) in [7, 11) is 0.